The van der Waals surface area contributed by atoms with Gasteiger partial charge < -0.3 is 9.16 Å². The van der Waals surface area contributed by atoms with Crippen LogP contribution in [0.1, 0.15) is 49.7 Å². The van der Waals surface area contributed by atoms with Crippen molar-refractivity contribution in [3.8, 4) is 5.75 Å². The molecule has 1 atom stereocenters. The summed E-state index contributed by atoms with van der Waals surface area (Å²) >= 11 is 0. The SMILES string of the molecule is CCOc1ccc(C=O)cc1C(O[SiH](C)C)C(C)(C)C. The first-order valence-corrected chi connectivity index (χ1v) is 9.95. The Kier molecular flexibility index (Phi) is 5.96. The Morgan fingerprint density at radius 3 is 2.40 bits per heavy atom. The number of ether oxygens (including phenoxy) is 1. The van der Waals surface area contributed by atoms with Crippen molar-refractivity contribution in [3.63, 3.8) is 0 Å². The lowest BCUT2D eigenvalue weighted by molar-refractivity contribution is 0.0833. The first-order chi connectivity index (χ1) is 9.29. The van der Waals surface area contributed by atoms with E-state index in [1.54, 1.807) is 6.07 Å². The lowest BCUT2D eigenvalue weighted by atomic mass is 9.84. The molecule has 1 rings (SSSR count). The van der Waals surface area contributed by atoms with Crippen molar-refractivity contribution in [2.75, 3.05) is 6.61 Å². The van der Waals surface area contributed by atoms with Crippen LogP contribution >= 0.6 is 0 Å². The molecule has 0 fully saturated rings. The molecule has 0 bridgehead atoms. The zero-order valence-electron chi connectivity index (χ0n) is 13.4. The highest BCUT2D eigenvalue weighted by molar-refractivity contribution is 6.48. The second-order valence-corrected chi connectivity index (χ2v) is 8.65. The molecule has 0 N–H and O–H groups in total. The molecular weight excluding hydrogens is 268 g/mol. The van der Waals surface area contributed by atoms with Crippen LogP contribution < -0.4 is 4.74 Å². The first kappa shape index (κ1) is 16.9. The minimum atomic E-state index is -1.21. The predicted molar refractivity (Wildman–Crippen MR) is 85.2 cm³/mol. The number of rotatable bonds is 6. The van der Waals surface area contributed by atoms with Gasteiger partial charge in [0.05, 0.1) is 12.7 Å². The van der Waals surface area contributed by atoms with Crippen LogP contribution in [0.3, 0.4) is 0 Å². The smallest absolute Gasteiger partial charge is 0.171 e. The third-order valence-corrected chi connectivity index (χ3v) is 3.76. The van der Waals surface area contributed by atoms with E-state index < -0.39 is 9.04 Å². The van der Waals surface area contributed by atoms with Gasteiger partial charge in [-0.3, -0.25) is 4.79 Å². The molecule has 1 unspecified atom stereocenters. The van der Waals surface area contributed by atoms with E-state index in [1.807, 2.05) is 19.1 Å². The summed E-state index contributed by atoms with van der Waals surface area (Å²) in [5, 5.41) is 0. The fourth-order valence-corrected chi connectivity index (χ4v) is 3.25. The normalized spacial score (nSPS) is 13.3. The van der Waals surface area contributed by atoms with Crippen LogP contribution in [0.25, 0.3) is 0 Å². The summed E-state index contributed by atoms with van der Waals surface area (Å²) in [6, 6.07) is 5.55. The maximum atomic E-state index is 11.0. The molecule has 20 heavy (non-hydrogen) atoms. The van der Waals surface area contributed by atoms with E-state index in [0.717, 1.165) is 17.6 Å². The Bertz CT molecular complexity index is 450. The molecule has 0 aliphatic carbocycles. The van der Waals surface area contributed by atoms with Crippen LogP contribution in [-0.2, 0) is 4.43 Å². The van der Waals surface area contributed by atoms with Crippen molar-refractivity contribution in [2.45, 2.75) is 46.9 Å². The van der Waals surface area contributed by atoms with Gasteiger partial charge in [-0.1, -0.05) is 20.8 Å². The third kappa shape index (κ3) is 4.46. The average Bonchev–Trinajstić information content (AvgIpc) is 2.35. The number of carbonyl (C=O) groups is 1. The maximum absolute atomic E-state index is 11.0. The summed E-state index contributed by atoms with van der Waals surface area (Å²) in [6.45, 7) is 13.3. The molecule has 1 aromatic rings. The molecule has 0 spiro atoms. The molecule has 0 aliphatic rings. The van der Waals surface area contributed by atoms with E-state index in [9.17, 15) is 4.79 Å². The summed E-state index contributed by atoms with van der Waals surface area (Å²) in [7, 11) is -1.21. The van der Waals surface area contributed by atoms with Crippen LogP contribution in [0.15, 0.2) is 18.2 Å². The number of hydrogen-bond donors (Lipinski definition) is 0. The number of carbonyl (C=O) groups excluding carboxylic acids is 1. The highest BCUT2D eigenvalue weighted by Gasteiger charge is 2.30. The lowest BCUT2D eigenvalue weighted by Crippen LogP contribution is -2.26. The standard InChI is InChI=1S/C16H26O3Si/c1-7-18-14-9-8-12(11-17)10-13(14)15(16(2,3)4)19-20(5)6/h8-11,15,20H,7H2,1-6H3. The summed E-state index contributed by atoms with van der Waals surface area (Å²) < 4.78 is 11.9. The number of hydrogen-bond acceptors (Lipinski definition) is 3. The quantitative estimate of drug-likeness (QED) is 0.588. The van der Waals surface area contributed by atoms with E-state index >= 15 is 0 Å². The van der Waals surface area contributed by atoms with Gasteiger partial charge in [0.2, 0.25) is 0 Å². The molecule has 0 radical (unpaired) electrons. The molecule has 3 nitrogen and oxygen atoms in total. The van der Waals surface area contributed by atoms with Gasteiger partial charge in [-0.2, -0.15) is 0 Å². The van der Waals surface area contributed by atoms with Crippen LogP contribution in [-0.4, -0.2) is 21.9 Å². The molecule has 112 valence electrons. The zero-order chi connectivity index (χ0) is 15.3. The topological polar surface area (TPSA) is 35.5 Å². The van der Waals surface area contributed by atoms with E-state index in [-0.39, 0.29) is 11.5 Å². The maximum Gasteiger partial charge on any atom is 0.171 e. The van der Waals surface area contributed by atoms with Crippen molar-refractivity contribution in [3.05, 3.63) is 29.3 Å². The molecule has 0 heterocycles. The Hall–Kier alpha value is -1.13. The minimum absolute atomic E-state index is 0.0510. The Morgan fingerprint density at radius 2 is 1.95 bits per heavy atom. The van der Waals surface area contributed by atoms with E-state index in [1.165, 1.54) is 0 Å². The van der Waals surface area contributed by atoms with Crippen molar-refractivity contribution in [2.24, 2.45) is 5.41 Å². The molecule has 0 aliphatic heterocycles. The van der Waals surface area contributed by atoms with Crippen molar-refractivity contribution in [1.29, 1.82) is 0 Å². The summed E-state index contributed by atoms with van der Waals surface area (Å²) in [5.74, 6) is 0.813. The predicted octanol–water partition coefficient (Wildman–Crippen LogP) is 3.99. The van der Waals surface area contributed by atoms with E-state index in [2.05, 4.69) is 33.9 Å². The monoisotopic (exact) mass is 294 g/mol. The average molecular weight is 294 g/mol. The van der Waals surface area contributed by atoms with Gasteiger partial charge in [-0.25, -0.2) is 0 Å². The van der Waals surface area contributed by atoms with Gasteiger partial charge >= 0.3 is 0 Å². The van der Waals surface area contributed by atoms with Gasteiger partial charge in [0.25, 0.3) is 0 Å². The van der Waals surface area contributed by atoms with Gasteiger partial charge in [-0.05, 0) is 43.6 Å². The van der Waals surface area contributed by atoms with Crippen molar-refractivity contribution < 1.29 is 14.0 Å². The molecule has 0 saturated heterocycles. The third-order valence-electron chi connectivity index (χ3n) is 2.95. The van der Waals surface area contributed by atoms with Gasteiger partial charge in [0.15, 0.2) is 9.04 Å². The summed E-state index contributed by atoms with van der Waals surface area (Å²) in [4.78, 5) is 11.0. The van der Waals surface area contributed by atoms with Crippen LogP contribution in [0.5, 0.6) is 5.75 Å². The highest BCUT2D eigenvalue weighted by Crippen LogP contribution is 2.41. The van der Waals surface area contributed by atoms with Gasteiger partial charge in [0, 0.05) is 11.1 Å². The van der Waals surface area contributed by atoms with E-state index in [0.29, 0.717) is 12.2 Å². The molecular formula is C16H26O3Si. The lowest BCUT2D eigenvalue weighted by Gasteiger charge is -2.34. The molecule has 0 saturated carbocycles. The molecule has 4 heteroatoms. The first-order valence-electron chi connectivity index (χ1n) is 7.17. The Morgan fingerprint density at radius 1 is 1.30 bits per heavy atom. The van der Waals surface area contributed by atoms with Gasteiger partial charge in [-0.15, -0.1) is 0 Å². The largest absolute Gasteiger partial charge is 0.493 e. The Balaban J connectivity index is 3.31. The Labute approximate surface area is 124 Å². The molecule has 1 aromatic carbocycles. The zero-order valence-corrected chi connectivity index (χ0v) is 14.6. The molecule has 0 amide bonds. The second kappa shape index (κ2) is 7.04. The fourth-order valence-electron chi connectivity index (χ4n) is 2.15. The minimum Gasteiger partial charge on any atom is -0.493 e. The van der Waals surface area contributed by atoms with Gasteiger partial charge in [0.1, 0.15) is 12.0 Å². The van der Waals surface area contributed by atoms with Crippen molar-refractivity contribution in [1.82, 2.24) is 0 Å². The summed E-state index contributed by atoms with van der Waals surface area (Å²) in [6.07, 6.45) is 0.807. The molecule has 0 aromatic heterocycles. The summed E-state index contributed by atoms with van der Waals surface area (Å²) in [5.41, 5.74) is 1.59. The van der Waals surface area contributed by atoms with E-state index in [4.69, 9.17) is 9.16 Å². The number of aldehydes is 1. The fraction of sp³-hybridized carbons (Fsp3) is 0.562. The number of benzene rings is 1. The van der Waals surface area contributed by atoms with Crippen LogP contribution in [0.4, 0.5) is 0 Å². The van der Waals surface area contributed by atoms with Crippen LogP contribution in [0.2, 0.25) is 13.1 Å². The second-order valence-electron chi connectivity index (χ2n) is 6.28. The highest BCUT2D eigenvalue weighted by atomic mass is 28.3. The van der Waals surface area contributed by atoms with Crippen LogP contribution in [0, 0.1) is 5.41 Å². The van der Waals surface area contributed by atoms with Crippen molar-refractivity contribution >= 4 is 15.3 Å².